The van der Waals surface area contributed by atoms with Crippen molar-refractivity contribution in [1.82, 2.24) is 15.2 Å². The van der Waals surface area contributed by atoms with Crippen LogP contribution >= 0.6 is 0 Å². The van der Waals surface area contributed by atoms with Crippen LogP contribution in [0, 0.1) is 0 Å². The van der Waals surface area contributed by atoms with Gasteiger partial charge in [0.05, 0.1) is 12.6 Å². The summed E-state index contributed by atoms with van der Waals surface area (Å²) in [7, 11) is 1.64. The molecule has 2 aromatic rings. The van der Waals surface area contributed by atoms with E-state index in [9.17, 15) is 4.79 Å². The quantitative estimate of drug-likeness (QED) is 0.912. The average Bonchev–Trinajstić information content (AvgIpc) is 2.53. The Kier molecular flexibility index (Phi) is 3.75. The minimum Gasteiger partial charge on any atom is -0.497 e. The van der Waals surface area contributed by atoms with Gasteiger partial charge in [0.15, 0.2) is 0 Å². The number of hydrogen-bond donors (Lipinski definition) is 1. The van der Waals surface area contributed by atoms with E-state index in [0.29, 0.717) is 5.69 Å². The fourth-order valence-electron chi connectivity index (χ4n) is 2.64. The lowest BCUT2D eigenvalue weighted by atomic mass is 10.1. The fraction of sp³-hybridized carbons (Fsp3) is 0.375. The molecule has 1 amide bonds. The molecule has 0 aliphatic carbocycles. The highest BCUT2D eigenvalue weighted by atomic mass is 16.5. The van der Waals surface area contributed by atoms with Crippen molar-refractivity contribution < 1.29 is 9.53 Å². The van der Waals surface area contributed by atoms with Gasteiger partial charge in [0.2, 0.25) is 0 Å². The number of amides is 1. The van der Waals surface area contributed by atoms with Crippen molar-refractivity contribution in [2.45, 2.75) is 13.0 Å². The second-order valence-corrected chi connectivity index (χ2v) is 5.31. The van der Waals surface area contributed by atoms with Crippen molar-refractivity contribution in [3.63, 3.8) is 0 Å². The lowest BCUT2D eigenvalue weighted by Gasteiger charge is -2.33. The summed E-state index contributed by atoms with van der Waals surface area (Å²) in [6.07, 6.45) is 0. The van der Waals surface area contributed by atoms with Crippen molar-refractivity contribution in [3.05, 3.63) is 36.0 Å². The number of piperazine rings is 1. The maximum Gasteiger partial charge on any atom is 0.272 e. The maximum atomic E-state index is 12.6. The van der Waals surface area contributed by atoms with Gasteiger partial charge in [-0.1, -0.05) is 6.07 Å². The third-order valence-electron chi connectivity index (χ3n) is 3.88. The lowest BCUT2D eigenvalue weighted by molar-refractivity contribution is 0.0650. The van der Waals surface area contributed by atoms with Crippen LogP contribution in [0.4, 0.5) is 0 Å². The largest absolute Gasteiger partial charge is 0.497 e. The number of fused-ring (bicyclic) bond motifs is 1. The second-order valence-electron chi connectivity index (χ2n) is 5.31. The summed E-state index contributed by atoms with van der Waals surface area (Å²) in [5.74, 6) is 0.792. The first kappa shape index (κ1) is 13.8. The van der Waals surface area contributed by atoms with E-state index in [1.165, 1.54) is 0 Å². The van der Waals surface area contributed by atoms with E-state index in [2.05, 4.69) is 17.2 Å². The average molecular weight is 285 g/mol. The van der Waals surface area contributed by atoms with Crippen LogP contribution < -0.4 is 10.1 Å². The van der Waals surface area contributed by atoms with Gasteiger partial charge in [-0.25, -0.2) is 4.98 Å². The minimum absolute atomic E-state index is 0.00159. The number of methoxy groups -OCH3 is 1. The van der Waals surface area contributed by atoms with Crippen LogP contribution in [0.15, 0.2) is 30.3 Å². The number of benzene rings is 1. The number of nitrogens with zero attached hydrogens (tertiary/aromatic N) is 2. The molecule has 1 aromatic carbocycles. The predicted molar refractivity (Wildman–Crippen MR) is 81.7 cm³/mol. The molecule has 0 unspecified atom stereocenters. The molecule has 5 heteroatoms. The van der Waals surface area contributed by atoms with E-state index < -0.39 is 0 Å². The lowest BCUT2D eigenvalue weighted by Crippen LogP contribution is -2.52. The van der Waals surface area contributed by atoms with Crippen LogP contribution in [0.3, 0.4) is 0 Å². The summed E-state index contributed by atoms with van der Waals surface area (Å²) in [5.41, 5.74) is 1.31. The molecule has 1 N–H and O–H groups in total. The molecule has 2 heterocycles. The van der Waals surface area contributed by atoms with Crippen molar-refractivity contribution in [1.29, 1.82) is 0 Å². The highest BCUT2D eigenvalue weighted by Crippen LogP contribution is 2.20. The van der Waals surface area contributed by atoms with Gasteiger partial charge >= 0.3 is 0 Å². The molecular formula is C16H19N3O2. The number of carbonyl (C=O) groups is 1. The molecule has 1 aliphatic rings. The molecule has 5 nitrogen and oxygen atoms in total. The third kappa shape index (κ3) is 2.69. The van der Waals surface area contributed by atoms with Gasteiger partial charge in [0, 0.05) is 31.1 Å². The number of hydrogen-bond acceptors (Lipinski definition) is 4. The zero-order chi connectivity index (χ0) is 14.8. The monoisotopic (exact) mass is 285 g/mol. The molecule has 1 atom stereocenters. The van der Waals surface area contributed by atoms with E-state index in [4.69, 9.17) is 4.74 Å². The third-order valence-corrected chi connectivity index (χ3v) is 3.88. The normalized spacial score (nSPS) is 18.8. The Morgan fingerprint density at radius 1 is 1.38 bits per heavy atom. The van der Waals surface area contributed by atoms with E-state index >= 15 is 0 Å². The SMILES string of the molecule is COc1ccc2nc(C(=O)N3CCNC[C@@H]3C)ccc2c1. The first-order valence-corrected chi connectivity index (χ1v) is 7.15. The fourth-order valence-corrected chi connectivity index (χ4v) is 2.64. The molecule has 1 fully saturated rings. The van der Waals surface area contributed by atoms with Gasteiger partial charge in [0.25, 0.3) is 5.91 Å². The Hall–Kier alpha value is -2.14. The molecule has 110 valence electrons. The van der Waals surface area contributed by atoms with Gasteiger partial charge in [0.1, 0.15) is 11.4 Å². The highest BCUT2D eigenvalue weighted by molar-refractivity contribution is 5.95. The number of rotatable bonds is 2. The molecule has 1 saturated heterocycles. The number of nitrogens with one attached hydrogen (secondary N) is 1. The van der Waals surface area contributed by atoms with E-state index in [1.54, 1.807) is 13.2 Å². The summed E-state index contributed by atoms with van der Waals surface area (Å²) in [6, 6.07) is 9.57. The Balaban J connectivity index is 1.91. The number of carbonyl (C=O) groups excluding carboxylic acids is 1. The Labute approximate surface area is 123 Å². The molecule has 0 spiro atoms. The van der Waals surface area contributed by atoms with Gasteiger partial charge in [-0.05, 0) is 31.2 Å². The van der Waals surface area contributed by atoms with Crippen molar-refractivity contribution in [2.24, 2.45) is 0 Å². The van der Waals surface area contributed by atoms with Gasteiger partial charge in [-0.15, -0.1) is 0 Å². The molecule has 1 aliphatic heterocycles. The zero-order valence-electron chi connectivity index (χ0n) is 12.3. The van der Waals surface area contributed by atoms with E-state index in [0.717, 1.165) is 36.3 Å². The van der Waals surface area contributed by atoms with Gasteiger partial charge in [-0.2, -0.15) is 0 Å². The molecule has 3 rings (SSSR count). The molecule has 1 aromatic heterocycles. The summed E-state index contributed by atoms with van der Waals surface area (Å²) >= 11 is 0. The minimum atomic E-state index is 0.00159. The summed E-state index contributed by atoms with van der Waals surface area (Å²) in [6.45, 7) is 4.44. The zero-order valence-corrected chi connectivity index (χ0v) is 12.3. The van der Waals surface area contributed by atoms with Gasteiger partial charge in [-0.3, -0.25) is 4.79 Å². The summed E-state index contributed by atoms with van der Waals surface area (Å²) in [4.78, 5) is 19.0. The first-order valence-electron chi connectivity index (χ1n) is 7.15. The van der Waals surface area contributed by atoms with Crippen LogP contribution in [0.5, 0.6) is 5.75 Å². The maximum absolute atomic E-state index is 12.6. The van der Waals surface area contributed by atoms with Crippen LogP contribution in [0.2, 0.25) is 0 Å². The smallest absolute Gasteiger partial charge is 0.272 e. The first-order chi connectivity index (χ1) is 10.2. The van der Waals surface area contributed by atoms with Crippen LogP contribution in [-0.4, -0.2) is 48.6 Å². The van der Waals surface area contributed by atoms with E-state index in [-0.39, 0.29) is 11.9 Å². The Morgan fingerprint density at radius 3 is 3.00 bits per heavy atom. The summed E-state index contributed by atoms with van der Waals surface area (Å²) < 4.78 is 5.20. The van der Waals surface area contributed by atoms with E-state index in [1.807, 2.05) is 29.2 Å². The Morgan fingerprint density at radius 2 is 2.24 bits per heavy atom. The highest BCUT2D eigenvalue weighted by Gasteiger charge is 2.24. The molecule has 0 bridgehead atoms. The van der Waals surface area contributed by atoms with Crippen LogP contribution in [-0.2, 0) is 0 Å². The number of ether oxygens (including phenoxy) is 1. The second kappa shape index (κ2) is 5.69. The summed E-state index contributed by atoms with van der Waals surface area (Å²) in [5, 5.41) is 4.26. The standard InChI is InChI=1S/C16H19N3O2/c1-11-10-17-7-8-19(11)16(20)15-5-3-12-9-13(21-2)4-6-14(12)18-15/h3-6,9,11,17H,7-8,10H2,1-2H3/t11-/m0/s1. The predicted octanol–water partition coefficient (Wildman–Crippen LogP) is 1.68. The molecular weight excluding hydrogens is 266 g/mol. The van der Waals surface area contributed by atoms with Crippen molar-refractivity contribution >= 4 is 16.8 Å². The molecule has 0 saturated carbocycles. The molecule has 0 radical (unpaired) electrons. The number of aromatic nitrogens is 1. The number of pyridine rings is 1. The molecule has 21 heavy (non-hydrogen) atoms. The van der Waals surface area contributed by atoms with Crippen LogP contribution in [0.25, 0.3) is 10.9 Å². The van der Waals surface area contributed by atoms with Crippen molar-refractivity contribution in [2.75, 3.05) is 26.7 Å². The topological polar surface area (TPSA) is 54.5 Å². The van der Waals surface area contributed by atoms with Gasteiger partial charge < -0.3 is 15.0 Å². The van der Waals surface area contributed by atoms with Crippen molar-refractivity contribution in [3.8, 4) is 5.75 Å². The Bertz CT molecular complexity index is 672. The van der Waals surface area contributed by atoms with Crippen LogP contribution in [0.1, 0.15) is 17.4 Å².